The van der Waals surface area contributed by atoms with Crippen LogP contribution in [-0.2, 0) is 6.54 Å². The second-order valence-corrected chi connectivity index (χ2v) is 5.78. The average Bonchev–Trinajstić information content (AvgIpc) is 3.10. The number of amides is 2. The molecule has 1 aliphatic heterocycles. The summed E-state index contributed by atoms with van der Waals surface area (Å²) in [6, 6.07) is 7.04. The van der Waals surface area contributed by atoms with Gasteiger partial charge in [-0.05, 0) is 44.2 Å². The number of benzene rings is 1. The zero-order chi connectivity index (χ0) is 16.8. The first-order chi connectivity index (χ1) is 11.7. The van der Waals surface area contributed by atoms with Crippen LogP contribution in [0.3, 0.4) is 0 Å². The number of nitrogens with zero attached hydrogens (tertiary/aromatic N) is 4. The number of carbonyl (C=O) groups excluding carboxylic acids is 1. The van der Waals surface area contributed by atoms with Crippen molar-refractivity contribution in [2.75, 3.05) is 25.5 Å². The van der Waals surface area contributed by atoms with Crippen LogP contribution in [0.4, 0.5) is 10.5 Å². The van der Waals surface area contributed by atoms with Crippen LogP contribution >= 0.6 is 0 Å². The minimum atomic E-state index is -0.330. The lowest BCUT2D eigenvalue weighted by molar-refractivity contribution is 0.114. The molecule has 24 heavy (non-hydrogen) atoms. The summed E-state index contributed by atoms with van der Waals surface area (Å²) in [5.41, 5.74) is 0.691. The monoisotopic (exact) mass is 331 g/mol. The van der Waals surface area contributed by atoms with Crippen LogP contribution in [0.15, 0.2) is 24.3 Å². The number of piperidine rings is 1. The van der Waals surface area contributed by atoms with Crippen molar-refractivity contribution >= 4 is 11.7 Å². The first-order valence-electron chi connectivity index (χ1n) is 7.91. The third-order valence-corrected chi connectivity index (χ3v) is 3.88. The van der Waals surface area contributed by atoms with Gasteiger partial charge in [-0.3, -0.25) is 0 Å². The van der Waals surface area contributed by atoms with E-state index in [9.17, 15) is 4.79 Å². The van der Waals surface area contributed by atoms with Gasteiger partial charge in [0.15, 0.2) is 5.82 Å². The summed E-state index contributed by atoms with van der Waals surface area (Å²) in [4.78, 5) is 14.1. The number of hydrogen-bond acceptors (Lipinski definition) is 6. The number of urea groups is 1. The zero-order valence-corrected chi connectivity index (χ0v) is 13.5. The smallest absolute Gasteiger partial charge is 0.319 e. The molecule has 0 unspecified atom stereocenters. The number of ether oxygens (including phenoxy) is 1. The highest BCUT2D eigenvalue weighted by atomic mass is 16.5. The molecule has 1 fully saturated rings. The summed E-state index contributed by atoms with van der Waals surface area (Å²) in [5.74, 6) is 1.24. The van der Waals surface area contributed by atoms with E-state index in [0.717, 1.165) is 31.7 Å². The second-order valence-electron chi connectivity index (χ2n) is 5.78. The molecule has 1 saturated heterocycles. The van der Waals surface area contributed by atoms with Gasteiger partial charge in [0.2, 0.25) is 0 Å². The Morgan fingerprint density at radius 1 is 1.33 bits per heavy atom. The Balaban J connectivity index is 1.44. The number of tetrazole rings is 1. The lowest BCUT2D eigenvalue weighted by Gasteiger charge is -2.29. The van der Waals surface area contributed by atoms with E-state index >= 15 is 0 Å². The normalized spacial score (nSPS) is 15.9. The van der Waals surface area contributed by atoms with Crippen LogP contribution in [0.2, 0.25) is 0 Å². The van der Waals surface area contributed by atoms with Gasteiger partial charge in [0.05, 0.1) is 6.54 Å². The van der Waals surface area contributed by atoms with Gasteiger partial charge < -0.3 is 20.3 Å². The van der Waals surface area contributed by atoms with Crippen molar-refractivity contribution in [1.29, 1.82) is 0 Å². The first kappa shape index (κ1) is 16.2. The minimum Gasteiger partial charge on any atom is -0.490 e. The number of H-pyrrole nitrogens is 1. The highest BCUT2D eigenvalue weighted by Crippen LogP contribution is 2.20. The van der Waals surface area contributed by atoms with Crippen molar-refractivity contribution in [3.05, 3.63) is 30.1 Å². The van der Waals surface area contributed by atoms with Crippen molar-refractivity contribution in [2.24, 2.45) is 0 Å². The Labute approximate surface area is 139 Å². The van der Waals surface area contributed by atoms with Gasteiger partial charge in [0.25, 0.3) is 0 Å². The van der Waals surface area contributed by atoms with Crippen molar-refractivity contribution in [3.8, 4) is 5.75 Å². The summed E-state index contributed by atoms with van der Waals surface area (Å²) < 4.78 is 5.98. The molecule has 2 aromatic rings. The van der Waals surface area contributed by atoms with Gasteiger partial charge >= 0.3 is 6.03 Å². The van der Waals surface area contributed by atoms with E-state index in [4.69, 9.17) is 4.74 Å². The number of hydrogen-bond donors (Lipinski definition) is 3. The number of aromatic nitrogens is 4. The molecule has 2 amide bonds. The maximum absolute atomic E-state index is 11.8. The highest BCUT2D eigenvalue weighted by molar-refractivity contribution is 5.89. The lowest BCUT2D eigenvalue weighted by Crippen LogP contribution is -2.35. The van der Waals surface area contributed by atoms with Crippen molar-refractivity contribution in [1.82, 2.24) is 30.8 Å². The number of nitrogens with one attached hydrogen (secondary N) is 3. The van der Waals surface area contributed by atoms with Crippen LogP contribution in [0.1, 0.15) is 18.7 Å². The van der Waals surface area contributed by atoms with Crippen molar-refractivity contribution in [3.63, 3.8) is 0 Å². The molecule has 3 rings (SSSR count). The fourth-order valence-corrected chi connectivity index (χ4v) is 2.50. The molecular formula is C15H21N7O2. The molecule has 128 valence electrons. The van der Waals surface area contributed by atoms with E-state index in [1.165, 1.54) is 0 Å². The largest absolute Gasteiger partial charge is 0.490 e. The molecule has 1 aromatic carbocycles. The van der Waals surface area contributed by atoms with Crippen LogP contribution in [0, 0.1) is 0 Å². The lowest BCUT2D eigenvalue weighted by atomic mass is 10.1. The van der Waals surface area contributed by atoms with E-state index < -0.39 is 0 Å². The predicted octanol–water partition coefficient (Wildman–Crippen LogP) is 0.994. The summed E-state index contributed by atoms with van der Waals surface area (Å²) in [5, 5.41) is 18.7. The summed E-state index contributed by atoms with van der Waals surface area (Å²) >= 11 is 0. The van der Waals surface area contributed by atoms with E-state index in [1.54, 1.807) is 0 Å². The number of anilines is 1. The molecule has 0 aliphatic carbocycles. The molecule has 0 atom stereocenters. The summed E-state index contributed by atoms with van der Waals surface area (Å²) in [7, 11) is 2.13. The number of aromatic amines is 1. The predicted molar refractivity (Wildman–Crippen MR) is 87.6 cm³/mol. The fraction of sp³-hybridized carbons (Fsp3) is 0.467. The Kier molecular flexibility index (Phi) is 5.22. The van der Waals surface area contributed by atoms with Gasteiger partial charge in [0.1, 0.15) is 11.9 Å². The highest BCUT2D eigenvalue weighted by Gasteiger charge is 2.17. The molecule has 0 spiro atoms. The van der Waals surface area contributed by atoms with Crippen LogP contribution < -0.4 is 15.4 Å². The molecule has 0 radical (unpaired) electrons. The molecule has 0 bridgehead atoms. The molecule has 1 aromatic heterocycles. The number of carbonyl (C=O) groups is 1. The minimum absolute atomic E-state index is 0.208. The topological polar surface area (TPSA) is 108 Å². The zero-order valence-electron chi connectivity index (χ0n) is 13.5. The van der Waals surface area contributed by atoms with Crippen LogP contribution in [0.25, 0.3) is 0 Å². The Hall–Kier alpha value is -2.68. The van der Waals surface area contributed by atoms with Gasteiger partial charge in [-0.1, -0.05) is 5.21 Å². The Bertz CT molecular complexity index is 636. The summed E-state index contributed by atoms with van der Waals surface area (Å²) in [6.45, 7) is 2.33. The van der Waals surface area contributed by atoms with Crippen molar-refractivity contribution in [2.45, 2.75) is 25.5 Å². The van der Waals surface area contributed by atoms with E-state index in [-0.39, 0.29) is 18.7 Å². The number of rotatable bonds is 5. The third-order valence-electron chi connectivity index (χ3n) is 3.88. The third kappa shape index (κ3) is 4.66. The van der Waals surface area contributed by atoms with Gasteiger partial charge in [-0.15, -0.1) is 10.2 Å². The molecule has 2 heterocycles. The van der Waals surface area contributed by atoms with Crippen molar-refractivity contribution < 1.29 is 9.53 Å². The van der Waals surface area contributed by atoms with E-state index in [2.05, 4.69) is 43.2 Å². The molecule has 1 aliphatic rings. The first-order valence-corrected chi connectivity index (χ1v) is 7.91. The Morgan fingerprint density at radius 3 is 2.75 bits per heavy atom. The standard InChI is InChI=1S/C15H21N7O2/c1-22-8-6-13(7-9-22)24-12-4-2-11(3-5-12)17-15(23)16-10-14-18-20-21-19-14/h2-5,13H,6-10H2,1H3,(H2,16,17,23)(H,18,19,20,21). The fourth-order valence-electron chi connectivity index (χ4n) is 2.50. The molecule has 9 heteroatoms. The maximum atomic E-state index is 11.8. The van der Waals surface area contributed by atoms with E-state index in [0.29, 0.717) is 11.5 Å². The summed E-state index contributed by atoms with van der Waals surface area (Å²) in [6.07, 6.45) is 2.34. The molecule has 9 nitrogen and oxygen atoms in total. The van der Waals surface area contributed by atoms with Gasteiger partial charge in [-0.25, -0.2) is 4.79 Å². The van der Waals surface area contributed by atoms with E-state index in [1.807, 2.05) is 24.3 Å². The van der Waals surface area contributed by atoms with Gasteiger partial charge in [0, 0.05) is 18.8 Å². The quantitative estimate of drug-likeness (QED) is 0.754. The molecule has 3 N–H and O–H groups in total. The van der Waals surface area contributed by atoms with Gasteiger partial charge in [-0.2, -0.15) is 5.21 Å². The van der Waals surface area contributed by atoms with Crippen LogP contribution in [0.5, 0.6) is 5.75 Å². The Morgan fingerprint density at radius 2 is 2.08 bits per heavy atom. The molecule has 0 saturated carbocycles. The van der Waals surface area contributed by atoms with Crippen LogP contribution in [-0.4, -0.2) is 57.8 Å². The number of likely N-dealkylation sites (tertiary alicyclic amines) is 1. The average molecular weight is 331 g/mol. The molecular weight excluding hydrogens is 310 g/mol. The SMILES string of the molecule is CN1CCC(Oc2ccc(NC(=O)NCc3nn[nH]n3)cc2)CC1. The second kappa shape index (κ2) is 7.73. The maximum Gasteiger partial charge on any atom is 0.319 e.